The summed E-state index contributed by atoms with van der Waals surface area (Å²) in [5.74, 6) is 0. The van der Waals surface area contributed by atoms with E-state index >= 15 is 0 Å². The van der Waals surface area contributed by atoms with Crippen molar-refractivity contribution in [1.29, 1.82) is 10.5 Å². The molecule has 0 saturated carbocycles. The number of nitro groups is 1. The highest BCUT2D eigenvalue weighted by atomic mass is 16.6. The van der Waals surface area contributed by atoms with E-state index in [1.165, 1.54) is 12.1 Å². The van der Waals surface area contributed by atoms with Crippen molar-refractivity contribution in [2.24, 2.45) is 0 Å². The first-order chi connectivity index (χ1) is 15.4. The molecule has 0 spiro atoms. The predicted molar refractivity (Wildman–Crippen MR) is 127 cm³/mol. The topological polar surface area (TPSA) is 94.0 Å². The molecule has 0 aliphatic rings. The molecule has 0 bridgehead atoms. The van der Waals surface area contributed by atoms with Crippen LogP contribution in [0.3, 0.4) is 0 Å². The number of anilines is 1. The quantitative estimate of drug-likeness (QED) is 0.218. The minimum atomic E-state index is -0.464. The lowest BCUT2D eigenvalue weighted by Gasteiger charge is -2.12. The number of allylic oxidation sites excluding steroid dienone is 2. The van der Waals surface area contributed by atoms with Gasteiger partial charge in [-0.3, -0.25) is 10.1 Å². The van der Waals surface area contributed by atoms with Gasteiger partial charge in [0.05, 0.1) is 28.2 Å². The fourth-order valence-electron chi connectivity index (χ4n) is 3.08. The van der Waals surface area contributed by atoms with Crippen LogP contribution in [0.15, 0.2) is 72.8 Å². The molecule has 32 heavy (non-hydrogen) atoms. The Labute approximate surface area is 186 Å². The van der Waals surface area contributed by atoms with Gasteiger partial charge in [0, 0.05) is 31.9 Å². The Morgan fingerprint density at radius 2 is 1.19 bits per heavy atom. The summed E-state index contributed by atoms with van der Waals surface area (Å²) in [5, 5.41) is 30.0. The van der Waals surface area contributed by atoms with Gasteiger partial charge < -0.3 is 4.90 Å². The van der Waals surface area contributed by atoms with E-state index < -0.39 is 4.92 Å². The van der Waals surface area contributed by atoms with Gasteiger partial charge in [-0.2, -0.15) is 10.5 Å². The third kappa shape index (κ3) is 5.27. The predicted octanol–water partition coefficient (Wildman–Crippen LogP) is 5.79. The second-order valence-electron chi connectivity index (χ2n) is 7.25. The molecule has 0 heterocycles. The fraction of sp³-hybridized carbons (Fsp3) is 0.0769. The molecule has 0 aliphatic carbocycles. The number of rotatable bonds is 6. The van der Waals surface area contributed by atoms with E-state index in [0.717, 1.165) is 16.8 Å². The monoisotopic (exact) mass is 420 g/mol. The van der Waals surface area contributed by atoms with Gasteiger partial charge in [-0.05, 0) is 58.7 Å². The molecule has 3 rings (SSSR count). The van der Waals surface area contributed by atoms with E-state index in [0.29, 0.717) is 22.3 Å². The van der Waals surface area contributed by atoms with Gasteiger partial charge in [-0.1, -0.05) is 36.4 Å². The van der Waals surface area contributed by atoms with Crippen molar-refractivity contribution < 1.29 is 4.92 Å². The van der Waals surface area contributed by atoms with Gasteiger partial charge in [0.25, 0.3) is 5.69 Å². The van der Waals surface area contributed by atoms with Gasteiger partial charge >= 0.3 is 0 Å². The van der Waals surface area contributed by atoms with Crippen molar-refractivity contribution in [3.63, 3.8) is 0 Å². The van der Waals surface area contributed by atoms with Crippen molar-refractivity contribution in [1.82, 2.24) is 0 Å². The lowest BCUT2D eigenvalue weighted by Crippen LogP contribution is -2.07. The average Bonchev–Trinajstić information content (AvgIpc) is 2.81. The second-order valence-corrected chi connectivity index (χ2v) is 7.25. The summed E-state index contributed by atoms with van der Waals surface area (Å²) in [6.07, 6.45) is 3.50. The van der Waals surface area contributed by atoms with E-state index in [1.54, 1.807) is 42.5 Å². The van der Waals surface area contributed by atoms with E-state index in [4.69, 9.17) is 0 Å². The van der Waals surface area contributed by atoms with E-state index in [1.807, 2.05) is 49.3 Å². The van der Waals surface area contributed by atoms with Gasteiger partial charge in [0.15, 0.2) is 0 Å². The van der Waals surface area contributed by atoms with E-state index in [9.17, 15) is 20.6 Å². The third-order valence-corrected chi connectivity index (χ3v) is 4.88. The van der Waals surface area contributed by atoms with Crippen molar-refractivity contribution >= 4 is 34.7 Å². The molecule has 0 amide bonds. The molecule has 0 atom stereocenters. The summed E-state index contributed by atoms with van der Waals surface area (Å²) in [6, 6.07) is 25.5. The first-order valence-corrected chi connectivity index (χ1v) is 9.77. The van der Waals surface area contributed by atoms with Crippen molar-refractivity contribution in [2.75, 3.05) is 19.0 Å². The van der Waals surface area contributed by atoms with E-state index in [2.05, 4.69) is 12.1 Å². The molecule has 0 unspecified atom stereocenters. The number of non-ortho nitro benzene ring substituents is 1. The van der Waals surface area contributed by atoms with Crippen LogP contribution in [0.2, 0.25) is 0 Å². The van der Waals surface area contributed by atoms with Crippen molar-refractivity contribution in [3.8, 4) is 12.1 Å². The molecule has 0 fully saturated rings. The molecule has 0 aliphatic heterocycles. The number of benzene rings is 3. The molecule has 0 aromatic heterocycles. The van der Waals surface area contributed by atoms with Crippen LogP contribution in [-0.4, -0.2) is 19.0 Å². The summed E-state index contributed by atoms with van der Waals surface area (Å²) in [4.78, 5) is 12.3. The lowest BCUT2D eigenvalue weighted by molar-refractivity contribution is -0.384. The van der Waals surface area contributed by atoms with Crippen molar-refractivity contribution in [2.45, 2.75) is 0 Å². The Kier molecular flexibility index (Phi) is 6.80. The van der Waals surface area contributed by atoms with Crippen LogP contribution in [0.25, 0.3) is 23.3 Å². The fourth-order valence-corrected chi connectivity index (χ4v) is 3.08. The standard InChI is InChI=1S/C26H20N4O2/c1-29(2)25-11-3-19(4-12-25)15-23(17-27)21-7-9-22(10-8-21)24(18-28)16-20-5-13-26(14-6-20)30(31)32/h3-16H,1-2H3. The Bertz CT molecular complexity index is 1260. The Morgan fingerprint density at radius 3 is 1.53 bits per heavy atom. The number of nitriles is 2. The zero-order valence-corrected chi connectivity index (χ0v) is 17.7. The lowest BCUT2D eigenvalue weighted by atomic mass is 9.98. The SMILES string of the molecule is CN(C)c1ccc(C=C(C#N)c2ccc(C(C#N)=Cc3ccc([N+](=O)[O-])cc3)cc2)cc1. The van der Waals surface area contributed by atoms with Crippen LogP contribution in [-0.2, 0) is 0 Å². The highest BCUT2D eigenvalue weighted by molar-refractivity contribution is 5.92. The van der Waals surface area contributed by atoms with Crippen LogP contribution in [0.1, 0.15) is 22.3 Å². The normalized spacial score (nSPS) is 11.4. The summed E-state index contributed by atoms with van der Waals surface area (Å²) < 4.78 is 0. The molecule has 6 heteroatoms. The Morgan fingerprint density at radius 1 is 0.781 bits per heavy atom. The van der Waals surface area contributed by atoms with Crippen molar-refractivity contribution in [3.05, 3.63) is 105 Å². The minimum Gasteiger partial charge on any atom is -0.378 e. The van der Waals surface area contributed by atoms with Crippen LogP contribution in [0.5, 0.6) is 0 Å². The number of hydrogen-bond acceptors (Lipinski definition) is 5. The summed E-state index contributed by atoms with van der Waals surface area (Å²) in [6.45, 7) is 0. The Hall–Kier alpha value is -4.68. The number of nitrogens with zero attached hydrogens (tertiary/aromatic N) is 4. The molecular weight excluding hydrogens is 400 g/mol. The van der Waals surface area contributed by atoms with E-state index in [-0.39, 0.29) is 5.69 Å². The summed E-state index contributed by atoms with van der Waals surface area (Å²) in [5.41, 5.74) is 5.08. The van der Waals surface area contributed by atoms with Gasteiger partial charge in [-0.15, -0.1) is 0 Å². The van der Waals surface area contributed by atoms with Gasteiger partial charge in [0.2, 0.25) is 0 Å². The summed E-state index contributed by atoms with van der Waals surface area (Å²) in [7, 11) is 3.94. The number of nitro benzene ring substituents is 1. The first kappa shape index (κ1) is 22.0. The summed E-state index contributed by atoms with van der Waals surface area (Å²) >= 11 is 0. The maximum atomic E-state index is 10.8. The highest BCUT2D eigenvalue weighted by Crippen LogP contribution is 2.24. The Balaban J connectivity index is 1.85. The highest BCUT2D eigenvalue weighted by Gasteiger charge is 2.07. The number of hydrogen-bond donors (Lipinski definition) is 0. The molecule has 0 radical (unpaired) electrons. The van der Waals surface area contributed by atoms with Gasteiger partial charge in [-0.25, -0.2) is 0 Å². The van der Waals surface area contributed by atoms with Crippen LogP contribution in [0.4, 0.5) is 11.4 Å². The molecule has 0 saturated heterocycles. The van der Waals surface area contributed by atoms with Crippen LogP contribution < -0.4 is 4.90 Å². The smallest absolute Gasteiger partial charge is 0.269 e. The van der Waals surface area contributed by atoms with Crippen LogP contribution >= 0.6 is 0 Å². The largest absolute Gasteiger partial charge is 0.378 e. The molecule has 0 N–H and O–H groups in total. The second kappa shape index (κ2) is 9.88. The molecule has 3 aromatic rings. The van der Waals surface area contributed by atoms with Gasteiger partial charge in [0.1, 0.15) is 0 Å². The maximum Gasteiger partial charge on any atom is 0.269 e. The minimum absolute atomic E-state index is 0.00261. The first-order valence-electron chi connectivity index (χ1n) is 9.77. The zero-order valence-electron chi connectivity index (χ0n) is 17.7. The average molecular weight is 420 g/mol. The third-order valence-electron chi connectivity index (χ3n) is 4.88. The maximum absolute atomic E-state index is 10.8. The molecule has 6 nitrogen and oxygen atoms in total. The molecule has 3 aromatic carbocycles. The molecule has 156 valence electrons. The van der Waals surface area contributed by atoms with Crippen LogP contribution in [0, 0.1) is 32.8 Å². The zero-order chi connectivity index (χ0) is 23.1. The molecular formula is C26H20N4O2.